The maximum Gasteiger partial charge on any atom is 0.234 e. The number of hydrogen-bond donors (Lipinski definition) is 3. The van der Waals surface area contributed by atoms with Gasteiger partial charge in [-0.1, -0.05) is 30.3 Å². The molecule has 0 bridgehead atoms. The summed E-state index contributed by atoms with van der Waals surface area (Å²) < 4.78 is 0. The lowest BCUT2D eigenvalue weighted by Crippen LogP contribution is -2.46. The highest BCUT2D eigenvalue weighted by atomic mass is 16.2. The van der Waals surface area contributed by atoms with Crippen LogP contribution in [0, 0.1) is 0 Å². The summed E-state index contributed by atoms with van der Waals surface area (Å²) in [6.45, 7) is -0.0551. The Balaban J connectivity index is 2.58. The van der Waals surface area contributed by atoms with Gasteiger partial charge in [-0.25, -0.2) is 0 Å². The number of nitrogens with two attached hydrogens (primary N) is 2. The molecule has 1 aromatic carbocycles. The third-order valence-corrected chi connectivity index (χ3v) is 2.15. The normalized spacial score (nSPS) is 12.0. The number of carbonyl (C=O) groups excluding carboxylic acids is 2. The number of primary amides is 2. The van der Waals surface area contributed by atoms with Crippen molar-refractivity contribution in [3.05, 3.63) is 35.9 Å². The van der Waals surface area contributed by atoms with E-state index >= 15 is 0 Å². The number of hydrogen-bond acceptors (Lipinski definition) is 3. The zero-order chi connectivity index (χ0) is 12.0. The summed E-state index contributed by atoms with van der Waals surface area (Å²) in [5, 5.41) is 2.72. The molecule has 0 aliphatic heterocycles. The Kier molecular flexibility index (Phi) is 4.47. The molecule has 5 nitrogen and oxygen atoms in total. The molecule has 5 heteroatoms. The first-order valence-corrected chi connectivity index (χ1v) is 4.94. The molecule has 1 aromatic rings. The van der Waals surface area contributed by atoms with Crippen LogP contribution in [0.2, 0.25) is 0 Å². The number of nitrogens with one attached hydrogen (secondary N) is 1. The first-order valence-electron chi connectivity index (χ1n) is 4.94. The van der Waals surface area contributed by atoms with E-state index in [4.69, 9.17) is 11.5 Å². The minimum atomic E-state index is -0.574. The molecule has 5 N–H and O–H groups in total. The number of benzene rings is 1. The Labute approximate surface area is 93.8 Å². The minimum absolute atomic E-state index is 0.0551. The lowest BCUT2D eigenvalue weighted by atomic mass is 10.1. The fourth-order valence-corrected chi connectivity index (χ4v) is 1.35. The minimum Gasteiger partial charge on any atom is -0.369 e. The van der Waals surface area contributed by atoms with Gasteiger partial charge in [0.1, 0.15) is 0 Å². The predicted molar refractivity (Wildman–Crippen MR) is 60.3 cm³/mol. The molecule has 0 aromatic heterocycles. The van der Waals surface area contributed by atoms with Gasteiger partial charge in [0.25, 0.3) is 0 Å². The fraction of sp³-hybridized carbons (Fsp3) is 0.273. The lowest BCUT2D eigenvalue weighted by Gasteiger charge is -2.14. The van der Waals surface area contributed by atoms with Crippen molar-refractivity contribution in [2.24, 2.45) is 11.5 Å². The van der Waals surface area contributed by atoms with E-state index in [-0.39, 0.29) is 6.54 Å². The van der Waals surface area contributed by atoms with Crippen LogP contribution < -0.4 is 16.8 Å². The highest BCUT2D eigenvalue weighted by Gasteiger charge is 2.15. The second kappa shape index (κ2) is 5.87. The fourth-order valence-electron chi connectivity index (χ4n) is 1.35. The Bertz CT molecular complexity index is 365. The maximum absolute atomic E-state index is 11.1. The Morgan fingerprint density at radius 1 is 1.19 bits per heavy atom. The first-order chi connectivity index (χ1) is 7.59. The molecule has 86 valence electrons. The lowest BCUT2D eigenvalue weighted by molar-refractivity contribution is -0.120. The van der Waals surface area contributed by atoms with Crippen molar-refractivity contribution < 1.29 is 9.59 Å². The molecule has 0 aliphatic carbocycles. The van der Waals surface area contributed by atoms with E-state index in [0.717, 1.165) is 5.56 Å². The zero-order valence-corrected chi connectivity index (χ0v) is 8.85. The van der Waals surface area contributed by atoms with E-state index in [1.54, 1.807) is 0 Å². The highest BCUT2D eigenvalue weighted by Crippen LogP contribution is 2.02. The number of rotatable bonds is 6. The largest absolute Gasteiger partial charge is 0.369 e. The van der Waals surface area contributed by atoms with E-state index < -0.39 is 17.9 Å². The molecule has 1 atom stereocenters. The molecule has 0 spiro atoms. The average molecular weight is 221 g/mol. The maximum atomic E-state index is 11.1. The van der Waals surface area contributed by atoms with E-state index in [9.17, 15) is 9.59 Å². The van der Waals surface area contributed by atoms with Gasteiger partial charge in [0.05, 0.1) is 12.6 Å². The van der Waals surface area contributed by atoms with Gasteiger partial charge in [-0.3, -0.25) is 14.9 Å². The molecular weight excluding hydrogens is 206 g/mol. The van der Waals surface area contributed by atoms with Crippen LogP contribution in [0.25, 0.3) is 0 Å². The van der Waals surface area contributed by atoms with Gasteiger partial charge in [0.15, 0.2) is 0 Å². The molecular formula is C11H15N3O2. The third kappa shape index (κ3) is 4.10. The number of amides is 2. The van der Waals surface area contributed by atoms with Gasteiger partial charge in [-0.05, 0) is 12.0 Å². The summed E-state index contributed by atoms with van der Waals surface area (Å²) in [4.78, 5) is 21.7. The summed E-state index contributed by atoms with van der Waals surface area (Å²) in [6.07, 6.45) is 0.448. The monoisotopic (exact) mass is 221 g/mol. The van der Waals surface area contributed by atoms with Crippen LogP contribution in [-0.2, 0) is 16.0 Å². The van der Waals surface area contributed by atoms with Crippen molar-refractivity contribution in [3.8, 4) is 0 Å². The van der Waals surface area contributed by atoms with Gasteiger partial charge in [-0.15, -0.1) is 0 Å². The molecule has 0 fully saturated rings. The average Bonchev–Trinajstić information content (AvgIpc) is 2.25. The molecule has 0 aliphatic rings. The van der Waals surface area contributed by atoms with Gasteiger partial charge in [0, 0.05) is 0 Å². The van der Waals surface area contributed by atoms with Crippen molar-refractivity contribution in [1.82, 2.24) is 5.32 Å². The van der Waals surface area contributed by atoms with Crippen molar-refractivity contribution in [1.29, 1.82) is 0 Å². The smallest absolute Gasteiger partial charge is 0.234 e. The van der Waals surface area contributed by atoms with E-state index in [1.165, 1.54) is 0 Å². The van der Waals surface area contributed by atoms with Gasteiger partial charge in [0.2, 0.25) is 11.8 Å². The number of carbonyl (C=O) groups is 2. The molecule has 0 radical (unpaired) electrons. The SMILES string of the molecule is NC(=O)CNC(Cc1ccccc1)C(N)=O. The summed E-state index contributed by atoms with van der Waals surface area (Å²) in [6, 6.07) is 8.85. The zero-order valence-electron chi connectivity index (χ0n) is 8.85. The van der Waals surface area contributed by atoms with Crippen molar-refractivity contribution in [2.45, 2.75) is 12.5 Å². The Morgan fingerprint density at radius 3 is 2.31 bits per heavy atom. The Hall–Kier alpha value is -1.88. The van der Waals surface area contributed by atoms with Crippen LogP contribution >= 0.6 is 0 Å². The van der Waals surface area contributed by atoms with Gasteiger partial charge < -0.3 is 11.5 Å². The molecule has 0 saturated heterocycles. The second-order valence-electron chi connectivity index (χ2n) is 3.49. The van der Waals surface area contributed by atoms with Crippen LogP contribution in [0.3, 0.4) is 0 Å². The Morgan fingerprint density at radius 2 is 1.81 bits per heavy atom. The van der Waals surface area contributed by atoms with E-state index in [0.29, 0.717) is 6.42 Å². The van der Waals surface area contributed by atoms with Crippen molar-refractivity contribution in [2.75, 3.05) is 6.54 Å². The van der Waals surface area contributed by atoms with E-state index in [2.05, 4.69) is 5.32 Å². The topological polar surface area (TPSA) is 98.2 Å². The molecule has 2 amide bonds. The van der Waals surface area contributed by atoms with Crippen LogP contribution in [-0.4, -0.2) is 24.4 Å². The van der Waals surface area contributed by atoms with Crippen LogP contribution in [0.15, 0.2) is 30.3 Å². The van der Waals surface area contributed by atoms with Crippen molar-refractivity contribution >= 4 is 11.8 Å². The first kappa shape index (κ1) is 12.2. The predicted octanol–water partition coefficient (Wildman–Crippen LogP) is -0.842. The standard InChI is InChI=1S/C11H15N3O2/c12-10(15)7-14-9(11(13)16)6-8-4-2-1-3-5-8/h1-5,9,14H,6-7H2,(H2,12,15)(H2,13,16). The van der Waals surface area contributed by atoms with Crippen molar-refractivity contribution in [3.63, 3.8) is 0 Å². The molecule has 0 heterocycles. The van der Waals surface area contributed by atoms with Crippen LogP contribution in [0.1, 0.15) is 5.56 Å². The molecule has 0 saturated carbocycles. The highest BCUT2D eigenvalue weighted by molar-refractivity contribution is 5.82. The van der Waals surface area contributed by atoms with Gasteiger partial charge in [-0.2, -0.15) is 0 Å². The summed E-state index contributed by atoms with van der Waals surface area (Å²) in [5.41, 5.74) is 11.2. The second-order valence-corrected chi connectivity index (χ2v) is 3.49. The van der Waals surface area contributed by atoms with E-state index in [1.807, 2.05) is 30.3 Å². The quantitative estimate of drug-likeness (QED) is 0.584. The van der Waals surface area contributed by atoms with Crippen LogP contribution in [0.4, 0.5) is 0 Å². The third-order valence-electron chi connectivity index (χ3n) is 2.15. The summed E-state index contributed by atoms with van der Waals surface area (Å²) >= 11 is 0. The molecule has 16 heavy (non-hydrogen) atoms. The molecule has 1 rings (SSSR count). The van der Waals surface area contributed by atoms with Gasteiger partial charge >= 0.3 is 0 Å². The molecule has 1 unspecified atom stereocenters. The summed E-state index contributed by atoms with van der Waals surface area (Å²) in [7, 11) is 0. The van der Waals surface area contributed by atoms with Crippen LogP contribution in [0.5, 0.6) is 0 Å². The summed E-state index contributed by atoms with van der Waals surface area (Å²) in [5.74, 6) is -1.01.